The van der Waals surface area contributed by atoms with Gasteiger partial charge in [-0.25, -0.2) is 12.7 Å². The molecule has 1 N–H and O–H groups in total. The third-order valence-corrected chi connectivity index (χ3v) is 7.47. The van der Waals surface area contributed by atoms with E-state index in [1.54, 1.807) is 24.3 Å². The zero-order valence-corrected chi connectivity index (χ0v) is 18.4. The molecule has 0 saturated carbocycles. The molecule has 1 aliphatic rings. The molecule has 2 aromatic rings. The smallest absolute Gasteiger partial charge is 0.228 e. The van der Waals surface area contributed by atoms with Crippen LogP contribution in [0.2, 0.25) is 5.02 Å². The monoisotopic (exact) mass is 434 g/mol. The number of carbonyl (C=O) groups excluding carboxylic acids is 1. The lowest BCUT2D eigenvalue weighted by molar-refractivity contribution is -0.120. The molecule has 1 aliphatic heterocycles. The van der Waals surface area contributed by atoms with Crippen molar-refractivity contribution >= 4 is 33.2 Å². The van der Waals surface area contributed by atoms with Gasteiger partial charge in [-0.15, -0.1) is 0 Å². The number of rotatable bonds is 6. The van der Waals surface area contributed by atoms with Gasteiger partial charge in [0.25, 0.3) is 0 Å². The number of nitrogens with zero attached hydrogens (tertiary/aromatic N) is 1. The van der Waals surface area contributed by atoms with E-state index in [1.165, 1.54) is 4.31 Å². The van der Waals surface area contributed by atoms with E-state index >= 15 is 0 Å². The second kappa shape index (κ2) is 9.28. The van der Waals surface area contributed by atoms with E-state index in [0.717, 1.165) is 23.2 Å². The molecule has 7 heteroatoms. The molecule has 1 amide bonds. The van der Waals surface area contributed by atoms with E-state index in [9.17, 15) is 13.2 Å². The predicted molar refractivity (Wildman–Crippen MR) is 118 cm³/mol. The van der Waals surface area contributed by atoms with Crippen molar-refractivity contribution in [1.82, 2.24) is 4.31 Å². The molecule has 1 fully saturated rings. The van der Waals surface area contributed by atoms with Crippen LogP contribution in [0.4, 0.5) is 5.69 Å². The first kappa shape index (κ1) is 21.8. The van der Waals surface area contributed by atoms with E-state index in [0.29, 0.717) is 30.0 Å². The number of para-hydroxylation sites is 1. The van der Waals surface area contributed by atoms with Gasteiger partial charge in [-0.05, 0) is 55.0 Å². The first-order valence-corrected chi connectivity index (χ1v) is 11.9. The molecule has 3 rings (SSSR count). The summed E-state index contributed by atoms with van der Waals surface area (Å²) >= 11 is 5.88. The summed E-state index contributed by atoms with van der Waals surface area (Å²) in [5.74, 6) is -0.551. The highest BCUT2D eigenvalue weighted by Crippen LogP contribution is 2.26. The van der Waals surface area contributed by atoms with Crippen LogP contribution < -0.4 is 5.32 Å². The van der Waals surface area contributed by atoms with Crippen LogP contribution in [-0.4, -0.2) is 31.7 Å². The molecular formula is C22H27ClN2O3S. The number of sulfonamides is 1. The van der Waals surface area contributed by atoms with E-state index < -0.39 is 10.0 Å². The van der Waals surface area contributed by atoms with Crippen LogP contribution in [0.3, 0.4) is 0 Å². The summed E-state index contributed by atoms with van der Waals surface area (Å²) < 4.78 is 27.2. The lowest BCUT2D eigenvalue weighted by atomic mass is 9.98. The second-order valence-electron chi connectivity index (χ2n) is 7.53. The van der Waals surface area contributed by atoms with Gasteiger partial charge < -0.3 is 5.32 Å². The molecule has 0 spiro atoms. The van der Waals surface area contributed by atoms with Gasteiger partial charge in [-0.2, -0.15) is 0 Å². The lowest BCUT2D eigenvalue weighted by Gasteiger charge is -2.31. The first-order chi connectivity index (χ1) is 13.8. The van der Waals surface area contributed by atoms with Crippen LogP contribution in [0.15, 0.2) is 42.5 Å². The van der Waals surface area contributed by atoms with Gasteiger partial charge in [0.2, 0.25) is 15.9 Å². The Morgan fingerprint density at radius 3 is 2.62 bits per heavy atom. The molecular weight excluding hydrogens is 408 g/mol. The largest absolute Gasteiger partial charge is 0.325 e. The normalized spacial score (nSPS) is 17.8. The van der Waals surface area contributed by atoms with Gasteiger partial charge in [0, 0.05) is 23.8 Å². The number of aryl methyl sites for hydroxylation is 2. The number of carbonyl (C=O) groups is 1. The molecule has 0 aromatic heterocycles. The van der Waals surface area contributed by atoms with Crippen molar-refractivity contribution in [3.05, 3.63) is 64.2 Å². The highest BCUT2D eigenvalue weighted by Gasteiger charge is 2.32. The van der Waals surface area contributed by atoms with E-state index in [-0.39, 0.29) is 24.1 Å². The number of hydrogen-bond donors (Lipinski definition) is 1. The van der Waals surface area contributed by atoms with Gasteiger partial charge >= 0.3 is 0 Å². The van der Waals surface area contributed by atoms with Gasteiger partial charge in [0.05, 0.1) is 11.7 Å². The summed E-state index contributed by atoms with van der Waals surface area (Å²) in [4.78, 5) is 12.9. The number of nitrogens with one attached hydrogen (secondary N) is 1. The lowest BCUT2D eigenvalue weighted by Crippen LogP contribution is -2.44. The number of halogens is 1. The van der Waals surface area contributed by atoms with Gasteiger partial charge in [-0.1, -0.05) is 48.9 Å². The molecule has 156 valence electrons. The minimum atomic E-state index is -3.50. The molecule has 5 nitrogen and oxygen atoms in total. The SMILES string of the molecule is CCc1cccc(C)c1NC(=O)C1CCCN(S(=O)(=O)Cc2ccc(Cl)cc2)C1. The van der Waals surface area contributed by atoms with Crippen LogP contribution in [0.25, 0.3) is 0 Å². The summed E-state index contributed by atoms with van der Waals surface area (Å²) in [6.07, 6.45) is 2.18. The van der Waals surface area contributed by atoms with Crippen LogP contribution in [-0.2, 0) is 27.0 Å². The van der Waals surface area contributed by atoms with E-state index in [2.05, 4.69) is 12.2 Å². The van der Waals surface area contributed by atoms with Gasteiger partial charge in [-0.3, -0.25) is 4.79 Å². The minimum absolute atomic E-state index is 0.0870. The van der Waals surface area contributed by atoms with Crippen molar-refractivity contribution in [2.75, 3.05) is 18.4 Å². The van der Waals surface area contributed by atoms with Crippen molar-refractivity contribution in [2.24, 2.45) is 5.92 Å². The van der Waals surface area contributed by atoms with Crippen molar-refractivity contribution in [2.45, 2.75) is 38.9 Å². The Balaban J connectivity index is 1.70. The Kier molecular flexibility index (Phi) is 6.98. The Bertz CT molecular complexity index is 974. The highest BCUT2D eigenvalue weighted by molar-refractivity contribution is 7.88. The topological polar surface area (TPSA) is 66.5 Å². The van der Waals surface area contributed by atoms with Gasteiger partial charge in [0.15, 0.2) is 0 Å². The summed E-state index contributed by atoms with van der Waals surface area (Å²) in [6, 6.07) is 12.8. The standard InChI is InChI=1S/C22H27ClN2O3S/c1-3-18-7-4-6-16(2)21(18)24-22(26)19-8-5-13-25(14-19)29(27,28)15-17-9-11-20(23)12-10-17/h4,6-7,9-12,19H,3,5,8,13-15H2,1-2H3,(H,24,26). The molecule has 1 saturated heterocycles. The molecule has 0 radical (unpaired) electrons. The third kappa shape index (κ3) is 5.38. The molecule has 1 unspecified atom stereocenters. The Morgan fingerprint density at radius 2 is 1.93 bits per heavy atom. The van der Waals surface area contributed by atoms with Gasteiger partial charge in [0.1, 0.15) is 0 Å². The number of amides is 1. The second-order valence-corrected chi connectivity index (χ2v) is 9.94. The summed E-state index contributed by atoms with van der Waals surface area (Å²) in [5, 5.41) is 3.62. The zero-order chi connectivity index (χ0) is 21.0. The van der Waals surface area contributed by atoms with Crippen molar-refractivity contribution in [3.8, 4) is 0 Å². The molecule has 1 atom stereocenters. The fourth-order valence-corrected chi connectivity index (χ4v) is 5.46. The van der Waals surface area contributed by atoms with Crippen molar-refractivity contribution < 1.29 is 13.2 Å². The number of benzene rings is 2. The fourth-order valence-electron chi connectivity index (χ4n) is 3.72. The molecule has 0 bridgehead atoms. The third-order valence-electron chi connectivity index (χ3n) is 5.40. The van der Waals surface area contributed by atoms with Crippen molar-refractivity contribution in [1.29, 1.82) is 0 Å². The van der Waals surface area contributed by atoms with E-state index in [4.69, 9.17) is 11.6 Å². The van der Waals surface area contributed by atoms with Crippen LogP contribution in [0.5, 0.6) is 0 Å². The first-order valence-electron chi connectivity index (χ1n) is 9.91. The van der Waals surface area contributed by atoms with Crippen molar-refractivity contribution in [3.63, 3.8) is 0 Å². The molecule has 0 aliphatic carbocycles. The summed E-state index contributed by atoms with van der Waals surface area (Å²) in [5.41, 5.74) is 3.64. The predicted octanol–water partition coefficient (Wildman–Crippen LogP) is 4.39. The molecule has 29 heavy (non-hydrogen) atoms. The Hall–Kier alpha value is -1.89. The maximum Gasteiger partial charge on any atom is 0.228 e. The average molecular weight is 435 g/mol. The maximum absolute atomic E-state index is 12.9. The fraction of sp³-hybridized carbons (Fsp3) is 0.409. The minimum Gasteiger partial charge on any atom is -0.325 e. The van der Waals surface area contributed by atoms with E-state index in [1.807, 2.05) is 25.1 Å². The number of piperidine rings is 1. The highest BCUT2D eigenvalue weighted by atomic mass is 35.5. The van der Waals surface area contributed by atoms with Crippen LogP contribution >= 0.6 is 11.6 Å². The molecule has 1 heterocycles. The Labute approximate surface area is 178 Å². The zero-order valence-electron chi connectivity index (χ0n) is 16.8. The van der Waals surface area contributed by atoms with Crippen LogP contribution in [0, 0.1) is 12.8 Å². The Morgan fingerprint density at radius 1 is 1.21 bits per heavy atom. The molecule has 2 aromatic carbocycles. The number of anilines is 1. The number of hydrogen-bond acceptors (Lipinski definition) is 3. The quantitative estimate of drug-likeness (QED) is 0.733. The van der Waals surface area contributed by atoms with Crippen LogP contribution in [0.1, 0.15) is 36.5 Å². The summed E-state index contributed by atoms with van der Waals surface area (Å²) in [7, 11) is -3.50. The maximum atomic E-state index is 12.9. The average Bonchev–Trinajstić information content (AvgIpc) is 2.71. The summed E-state index contributed by atoms with van der Waals surface area (Å²) in [6.45, 7) is 4.69.